The summed E-state index contributed by atoms with van der Waals surface area (Å²) in [6.07, 6.45) is 2.60. The third-order valence-corrected chi connectivity index (χ3v) is 13.2. The molecule has 2 fully saturated rings. The topological polar surface area (TPSA) is 213 Å². The molecule has 15 nitrogen and oxygen atoms in total. The molecule has 1 saturated heterocycles. The molecule has 50 heavy (non-hydrogen) atoms. The second-order valence-electron chi connectivity index (χ2n) is 13.3. The van der Waals surface area contributed by atoms with Crippen molar-refractivity contribution < 1.29 is 57.2 Å². The molecule has 2 aliphatic rings. The number of aromatic nitrogens is 1. The van der Waals surface area contributed by atoms with E-state index in [9.17, 15) is 48.1 Å². The second kappa shape index (κ2) is 13.6. The molecule has 1 aromatic heterocycles. The molecule has 4 N–H and O–H groups in total. The number of aromatic carboxylic acids is 1. The van der Waals surface area contributed by atoms with E-state index in [-0.39, 0.29) is 83.4 Å². The average Bonchev–Trinajstić information content (AvgIpc) is 3.85. The van der Waals surface area contributed by atoms with E-state index in [1.807, 2.05) is 0 Å². The highest BCUT2D eigenvalue weighted by Gasteiger charge is 2.38. The molecule has 2 heterocycles. The van der Waals surface area contributed by atoms with Gasteiger partial charge >= 0.3 is 13.6 Å². The Labute approximate surface area is 285 Å². The molecular weight excluding hydrogens is 699 g/mol. The molecule has 5 rings (SSSR count). The van der Waals surface area contributed by atoms with Crippen LogP contribution >= 0.6 is 15.0 Å². The number of piperazine rings is 1. The first-order valence-corrected chi connectivity index (χ1v) is 19.3. The Kier molecular flexibility index (Phi) is 10.1. The van der Waals surface area contributed by atoms with Crippen molar-refractivity contribution in [3.63, 3.8) is 0 Å². The highest BCUT2D eigenvalue weighted by molar-refractivity contribution is 7.77. The Bertz CT molecular complexity index is 2040. The number of hydrogen-bond donors (Lipinski definition) is 4. The summed E-state index contributed by atoms with van der Waals surface area (Å²) in [5.74, 6) is -3.75. The minimum atomic E-state index is -4.87. The maximum atomic E-state index is 15.9. The van der Waals surface area contributed by atoms with Crippen LogP contribution in [0, 0.1) is 5.82 Å². The van der Waals surface area contributed by atoms with Gasteiger partial charge in [-0.25, -0.2) is 9.18 Å². The number of carboxylic acids is 1. The van der Waals surface area contributed by atoms with Crippen LogP contribution in [0.5, 0.6) is 11.5 Å². The minimum absolute atomic E-state index is 0.00498. The van der Waals surface area contributed by atoms with Crippen molar-refractivity contribution in [1.29, 1.82) is 0 Å². The van der Waals surface area contributed by atoms with E-state index in [1.54, 1.807) is 35.1 Å². The van der Waals surface area contributed by atoms with Crippen molar-refractivity contribution in [2.75, 3.05) is 37.5 Å². The Balaban J connectivity index is 1.42. The van der Waals surface area contributed by atoms with Gasteiger partial charge in [0.2, 0.25) is 18.7 Å². The fourth-order valence-electron chi connectivity index (χ4n) is 6.58. The van der Waals surface area contributed by atoms with Gasteiger partial charge in [0.1, 0.15) is 22.9 Å². The number of nitrogens with zero attached hydrogens (tertiary/aromatic N) is 3. The number of carboxylic acid groups (broad SMARTS) is 1. The van der Waals surface area contributed by atoms with E-state index in [1.165, 1.54) is 25.4 Å². The molecule has 1 aliphatic heterocycles. The van der Waals surface area contributed by atoms with E-state index >= 15 is 4.39 Å². The zero-order valence-electron chi connectivity index (χ0n) is 27.7. The van der Waals surface area contributed by atoms with Gasteiger partial charge in [-0.1, -0.05) is 13.8 Å². The zero-order chi connectivity index (χ0) is 36.9. The summed E-state index contributed by atoms with van der Waals surface area (Å²) >= 11 is 0. The first-order chi connectivity index (χ1) is 23.3. The lowest BCUT2D eigenvalue weighted by atomic mass is 9.80. The van der Waals surface area contributed by atoms with Gasteiger partial charge in [-0.2, -0.15) is 0 Å². The Morgan fingerprint density at radius 3 is 2.36 bits per heavy atom. The third kappa shape index (κ3) is 7.35. The van der Waals surface area contributed by atoms with Crippen molar-refractivity contribution in [3.8, 4) is 11.5 Å². The molecule has 270 valence electrons. The number of amides is 1. The summed E-state index contributed by atoms with van der Waals surface area (Å²) in [6, 6.07) is 4.06. The first-order valence-electron chi connectivity index (χ1n) is 15.6. The highest BCUT2D eigenvalue weighted by Crippen LogP contribution is 2.54. The molecule has 1 saturated carbocycles. The van der Waals surface area contributed by atoms with Gasteiger partial charge in [0.15, 0.2) is 11.6 Å². The summed E-state index contributed by atoms with van der Waals surface area (Å²) in [6.45, 7) is 5.71. The molecule has 3 aromatic rings. The van der Waals surface area contributed by atoms with Crippen LogP contribution in [0.3, 0.4) is 0 Å². The quantitative estimate of drug-likeness (QED) is 0.156. The monoisotopic (exact) mass is 737 g/mol. The number of rotatable bonds is 12. The van der Waals surface area contributed by atoms with E-state index in [4.69, 9.17) is 9.47 Å². The van der Waals surface area contributed by atoms with E-state index < -0.39 is 55.1 Å². The van der Waals surface area contributed by atoms with Gasteiger partial charge in [0.05, 0.1) is 18.0 Å². The average molecular weight is 738 g/mol. The lowest BCUT2D eigenvalue weighted by Crippen LogP contribution is -2.55. The lowest BCUT2D eigenvalue weighted by Gasteiger charge is -2.42. The minimum Gasteiger partial charge on any atom is -0.492 e. The van der Waals surface area contributed by atoms with Gasteiger partial charge < -0.3 is 43.6 Å². The van der Waals surface area contributed by atoms with Crippen molar-refractivity contribution in [1.82, 2.24) is 9.47 Å². The van der Waals surface area contributed by atoms with Crippen molar-refractivity contribution in [2.45, 2.75) is 57.5 Å². The largest absolute Gasteiger partial charge is 0.492 e. The summed E-state index contributed by atoms with van der Waals surface area (Å²) in [5, 5.41) is 9.22. The number of halogens is 1. The van der Waals surface area contributed by atoms with Crippen LogP contribution in [-0.2, 0) is 24.1 Å². The molecule has 1 amide bonds. The van der Waals surface area contributed by atoms with E-state index in [0.29, 0.717) is 0 Å². The summed E-state index contributed by atoms with van der Waals surface area (Å²) in [5.41, 5.74) is -1.84. The number of carbonyl (C=O) groups is 3. The normalized spacial score (nSPS) is 18.1. The highest BCUT2D eigenvalue weighted by atomic mass is 31.2. The molecule has 2 unspecified atom stereocenters. The van der Waals surface area contributed by atoms with Crippen molar-refractivity contribution >= 4 is 55.2 Å². The fraction of sp³-hybridized carbons (Fsp3) is 0.438. The Morgan fingerprint density at radius 1 is 1.12 bits per heavy atom. The van der Waals surface area contributed by atoms with Gasteiger partial charge in [-0.15, -0.1) is 0 Å². The van der Waals surface area contributed by atoms with Crippen LogP contribution in [-0.4, -0.2) is 86.3 Å². The smallest absolute Gasteiger partial charge is 0.341 e. The Hall–Kier alpha value is -4.07. The van der Waals surface area contributed by atoms with Crippen molar-refractivity contribution in [2.24, 2.45) is 0 Å². The predicted molar refractivity (Wildman–Crippen MR) is 180 cm³/mol. The third-order valence-electron chi connectivity index (χ3n) is 9.08. The number of hydrogen-bond acceptors (Lipinski definition) is 9. The molecule has 1 aliphatic carbocycles. The number of ether oxygens (including phenoxy) is 2. The molecule has 18 heteroatoms. The maximum Gasteiger partial charge on any atom is 0.341 e. The van der Waals surface area contributed by atoms with Gasteiger partial charge in [0.25, 0.3) is 6.47 Å². The molecular formula is C32H38FN3O12P2. The Morgan fingerprint density at radius 2 is 1.80 bits per heavy atom. The number of methoxy groups -OCH3 is 1. The SMILES string of the molecule is COc1c(N2CCN(C(=O)CC(C)(C)c3cc(P(=O)(O)CP(=O)(O)O)ccc3OC=O)C(C)C2)c(F)cc2c(=O)c(C(=O)O)cn(C3CC3)c12. The number of carbonyl (C=O) groups excluding carboxylic acids is 2. The molecule has 0 bridgehead atoms. The van der Waals surface area contributed by atoms with Gasteiger partial charge in [-0.3, -0.25) is 23.5 Å². The molecule has 2 aromatic carbocycles. The number of pyridine rings is 1. The second-order valence-corrected chi connectivity index (χ2v) is 17.7. The van der Waals surface area contributed by atoms with Crippen molar-refractivity contribution in [3.05, 3.63) is 57.6 Å². The molecule has 2 atom stereocenters. The predicted octanol–water partition coefficient (Wildman–Crippen LogP) is 3.15. The summed E-state index contributed by atoms with van der Waals surface area (Å²) in [4.78, 5) is 82.4. The fourth-order valence-corrected chi connectivity index (χ4v) is 9.87. The maximum absolute atomic E-state index is 15.9. The number of fused-ring (bicyclic) bond motifs is 1. The van der Waals surface area contributed by atoms with Gasteiger partial charge in [-0.05, 0) is 44.0 Å². The van der Waals surface area contributed by atoms with E-state index in [0.717, 1.165) is 25.0 Å². The van der Waals surface area contributed by atoms with Crippen LogP contribution in [0.2, 0.25) is 0 Å². The first kappa shape index (κ1) is 37.2. The summed E-state index contributed by atoms with van der Waals surface area (Å²) < 4.78 is 52.7. The van der Waals surface area contributed by atoms with Crippen LogP contribution in [0.1, 0.15) is 62.0 Å². The summed E-state index contributed by atoms with van der Waals surface area (Å²) in [7, 11) is -8.08. The van der Waals surface area contributed by atoms with Gasteiger partial charge in [0, 0.05) is 60.6 Å². The molecule has 0 radical (unpaired) electrons. The zero-order valence-corrected chi connectivity index (χ0v) is 29.5. The van der Waals surface area contributed by atoms with Crippen LogP contribution in [0.25, 0.3) is 10.9 Å². The van der Waals surface area contributed by atoms with Crippen LogP contribution in [0.15, 0.2) is 35.3 Å². The van der Waals surface area contributed by atoms with Crippen LogP contribution in [0.4, 0.5) is 10.1 Å². The lowest BCUT2D eigenvalue weighted by molar-refractivity contribution is -0.134. The number of benzene rings is 2. The standard InChI is InChI=1S/C32H38FN3O12P2/c1-18-14-34(28-24(33)12-21-27(30(28)47-4)36(19-5-6-19)15-22(29(21)39)31(40)41)9-10-35(18)26(38)13-32(2,3)23-11-20(7-8-25(23)48-16-37)49(42,43)17-50(44,45)46/h7-8,11-12,15-16,18-19H,5-6,9-10,13-14,17H2,1-4H3,(H,40,41)(H,42,43)(H2,44,45,46). The van der Waals surface area contributed by atoms with E-state index in [2.05, 4.69) is 0 Å². The molecule has 0 spiro atoms. The number of anilines is 1. The van der Waals surface area contributed by atoms with Crippen LogP contribution < -0.4 is 25.1 Å².